The average Bonchev–Trinajstić information content (AvgIpc) is 3.01. The van der Waals surface area contributed by atoms with Crippen LogP contribution in [-0.2, 0) is 0 Å². The molecule has 15 heavy (non-hydrogen) atoms. The van der Waals surface area contributed by atoms with Crippen LogP contribution in [0.25, 0.3) is 0 Å². The predicted molar refractivity (Wildman–Crippen MR) is 39.7 cm³/mol. The lowest BCUT2D eigenvalue weighted by molar-refractivity contribution is 0.292. The Hall–Kier alpha value is -2.79. The zero-order valence-electron chi connectivity index (χ0n) is 6.84. The lowest BCUT2D eigenvalue weighted by Crippen LogP contribution is -2.44. The van der Waals surface area contributed by atoms with Crippen LogP contribution in [0.4, 0.5) is 12.0 Å². The highest BCUT2D eigenvalue weighted by Gasteiger charge is 2.28. The van der Waals surface area contributed by atoms with Crippen molar-refractivity contribution < 1.29 is 9.15 Å². The third kappa shape index (κ3) is 1.11. The summed E-state index contributed by atoms with van der Waals surface area (Å²) >= 11 is 0. The second kappa shape index (κ2) is 2.86. The molecule has 12 nitrogen and oxygen atoms in total. The first-order chi connectivity index (χ1) is 7.45. The predicted octanol–water partition coefficient (Wildman–Crippen LogP) is -2.19. The van der Waals surface area contributed by atoms with Crippen molar-refractivity contribution in [1.29, 1.82) is 0 Å². The second-order valence-corrected chi connectivity index (χ2v) is 2.23. The quantitative estimate of drug-likeness (QED) is 0.577. The summed E-state index contributed by atoms with van der Waals surface area (Å²) in [6, 6.07) is 0.0357. The monoisotopic (exact) mass is 209 g/mol. The molecule has 0 aliphatic carbocycles. The molecule has 2 aromatic rings. The van der Waals surface area contributed by atoms with Gasteiger partial charge in [0.05, 0.1) is 10.5 Å². The molecule has 1 aliphatic heterocycles. The van der Waals surface area contributed by atoms with Gasteiger partial charge in [-0.05, 0) is 10.4 Å². The van der Waals surface area contributed by atoms with Crippen LogP contribution in [0.2, 0.25) is 0 Å². The number of anilines is 2. The van der Waals surface area contributed by atoms with Gasteiger partial charge in [-0.2, -0.15) is 10.5 Å². The molecule has 0 spiro atoms. The molecule has 75 valence electrons. The van der Waals surface area contributed by atoms with E-state index in [4.69, 9.17) is 0 Å². The van der Waals surface area contributed by atoms with Crippen LogP contribution in [0.15, 0.2) is 14.3 Å². The van der Waals surface area contributed by atoms with Gasteiger partial charge in [0.2, 0.25) is 6.34 Å². The molecule has 0 saturated carbocycles. The van der Waals surface area contributed by atoms with Crippen molar-refractivity contribution in [3.8, 4) is 0 Å². The van der Waals surface area contributed by atoms with E-state index >= 15 is 0 Å². The van der Waals surface area contributed by atoms with E-state index in [0.29, 0.717) is 0 Å². The van der Waals surface area contributed by atoms with Crippen molar-refractivity contribution >= 4 is 18.3 Å². The van der Waals surface area contributed by atoms with Gasteiger partial charge in [-0.1, -0.05) is 10.2 Å². The molecule has 0 fully saturated rings. The summed E-state index contributed by atoms with van der Waals surface area (Å²) in [6.07, 6.45) is 2.48. The Morgan fingerprint density at radius 2 is 2.27 bits per heavy atom. The molecule has 0 saturated heterocycles. The summed E-state index contributed by atoms with van der Waals surface area (Å²) in [5.74, 6) is 0.0990. The Balaban J connectivity index is 1.92. The second-order valence-electron chi connectivity index (χ2n) is 2.23. The fourth-order valence-electron chi connectivity index (χ4n) is 0.888. The summed E-state index contributed by atoms with van der Waals surface area (Å²) in [5, 5.41) is 26.2. The van der Waals surface area contributed by atoms with Gasteiger partial charge in [0.25, 0.3) is 0 Å². The number of hydrogen-bond acceptors (Lipinski definition) is 12. The molecule has 2 aromatic heterocycles. The zero-order valence-corrected chi connectivity index (χ0v) is 6.84. The highest BCUT2D eigenvalue weighted by molar-refractivity contribution is 5.79. The van der Waals surface area contributed by atoms with Gasteiger partial charge in [-0.25, -0.2) is 4.63 Å². The Kier molecular flexibility index (Phi) is 1.45. The van der Waals surface area contributed by atoms with Crippen LogP contribution in [0, 0.1) is 0 Å². The SMILES string of the molecule is [C]1=NNN(c2nnon2)N1c1nnno1. The molecule has 0 aromatic carbocycles. The van der Waals surface area contributed by atoms with Gasteiger partial charge >= 0.3 is 12.0 Å². The van der Waals surface area contributed by atoms with E-state index in [1.165, 1.54) is 10.1 Å². The number of nitrogens with one attached hydrogen (secondary N) is 1. The van der Waals surface area contributed by atoms with Crippen molar-refractivity contribution in [3.05, 3.63) is 0 Å². The van der Waals surface area contributed by atoms with Crippen LogP contribution < -0.4 is 15.7 Å². The first-order valence-corrected chi connectivity index (χ1v) is 3.56. The van der Waals surface area contributed by atoms with Crippen LogP contribution in [0.5, 0.6) is 0 Å². The third-order valence-electron chi connectivity index (χ3n) is 1.44. The first kappa shape index (κ1) is 7.60. The van der Waals surface area contributed by atoms with E-state index in [1.807, 2.05) is 0 Å². The Bertz CT molecular complexity index is 447. The van der Waals surface area contributed by atoms with Gasteiger partial charge in [0.15, 0.2) is 0 Å². The zero-order chi connectivity index (χ0) is 10.1. The molecule has 1 radical (unpaired) electrons. The van der Waals surface area contributed by atoms with Crippen molar-refractivity contribution in [2.24, 2.45) is 5.10 Å². The van der Waals surface area contributed by atoms with Gasteiger partial charge < -0.3 is 0 Å². The number of hydrazone groups is 1. The smallest absolute Gasteiger partial charge is 0.293 e. The topological polar surface area (TPSA) is 134 Å². The van der Waals surface area contributed by atoms with E-state index in [0.717, 1.165) is 0 Å². The van der Waals surface area contributed by atoms with Crippen LogP contribution in [-0.4, -0.2) is 37.4 Å². The molecule has 12 heteroatoms. The fraction of sp³-hybridized carbons (Fsp3) is 0. The Morgan fingerprint density at radius 1 is 1.27 bits per heavy atom. The summed E-state index contributed by atoms with van der Waals surface area (Å²) in [7, 11) is 0. The molecule has 0 amide bonds. The number of aromatic nitrogens is 6. The van der Waals surface area contributed by atoms with Crippen LogP contribution in [0.1, 0.15) is 0 Å². The molecule has 0 atom stereocenters. The largest absolute Gasteiger partial charge is 0.371 e. The Morgan fingerprint density at radius 3 is 3.00 bits per heavy atom. The summed E-state index contributed by atoms with van der Waals surface area (Å²) in [6.45, 7) is 0. The summed E-state index contributed by atoms with van der Waals surface area (Å²) in [4.78, 5) is 0. The maximum Gasteiger partial charge on any atom is 0.371 e. The molecule has 3 rings (SSSR count). The molecule has 1 aliphatic rings. The lowest BCUT2D eigenvalue weighted by Gasteiger charge is -2.18. The van der Waals surface area contributed by atoms with Crippen molar-refractivity contribution in [3.63, 3.8) is 0 Å². The highest BCUT2D eigenvalue weighted by atomic mass is 16.6. The Labute approximate surface area is 80.4 Å². The maximum atomic E-state index is 4.69. The lowest BCUT2D eigenvalue weighted by atomic mass is 10.9. The van der Waals surface area contributed by atoms with Crippen molar-refractivity contribution in [1.82, 2.24) is 36.6 Å². The fourth-order valence-corrected chi connectivity index (χ4v) is 0.888. The summed E-state index contributed by atoms with van der Waals surface area (Å²) in [5.41, 5.74) is 2.49. The first-order valence-electron chi connectivity index (χ1n) is 3.56. The molecule has 0 bridgehead atoms. The number of hydrogen-bond donors (Lipinski definition) is 1. The normalized spacial score (nSPS) is 14.7. The molecular weight excluding hydrogens is 208 g/mol. The third-order valence-corrected chi connectivity index (χ3v) is 1.44. The summed E-state index contributed by atoms with van der Waals surface area (Å²) < 4.78 is 9.01. The van der Waals surface area contributed by atoms with Crippen LogP contribution in [0.3, 0.4) is 0 Å². The van der Waals surface area contributed by atoms with Gasteiger partial charge in [-0.15, -0.1) is 10.2 Å². The molecule has 1 N–H and O–H groups in total. The van der Waals surface area contributed by atoms with E-state index in [1.54, 1.807) is 0 Å². The van der Waals surface area contributed by atoms with Crippen molar-refractivity contribution in [2.75, 3.05) is 10.1 Å². The average molecular weight is 209 g/mol. The van der Waals surface area contributed by atoms with Gasteiger partial charge in [0, 0.05) is 0 Å². The number of hydrazine groups is 2. The van der Waals surface area contributed by atoms with E-state index in [9.17, 15) is 0 Å². The van der Waals surface area contributed by atoms with Gasteiger partial charge in [0.1, 0.15) is 0 Å². The molecule has 0 unspecified atom stereocenters. The minimum atomic E-state index is 0.0357. The number of nitrogens with zero attached hydrogens (tertiary/aromatic N) is 9. The maximum absolute atomic E-state index is 4.69. The van der Waals surface area contributed by atoms with Crippen LogP contribution >= 0.6 is 0 Å². The minimum Gasteiger partial charge on any atom is -0.293 e. The van der Waals surface area contributed by atoms with E-state index < -0.39 is 0 Å². The van der Waals surface area contributed by atoms with E-state index in [2.05, 4.69) is 57.2 Å². The standard InChI is InChI=1S/C3HN10O2/c1-4-9-13(2-5-10-15-7-2)12(1)3-6-8-11-14-3/h9H. The highest BCUT2D eigenvalue weighted by Crippen LogP contribution is 2.14. The minimum absolute atomic E-state index is 0.0357. The van der Waals surface area contributed by atoms with E-state index in [-0.39, 0.29) is 12.0 Å². The van der Waals surface area contributed by atoms with Gasteiger partial charge in [-0.3, -0.25) is 4.52 Å². The van der Waals surface area contributed by atoms with Crippen molar-refractivity contribution in [2.45, 2.75) is 0 Å². The molecular formula is C3HN10O2. The number of rotatable bonds is 2. The molecule has 3 heterocycles.